The Bertz CT molecular complexity index is 266. The van der Waals surface area contributed by atoms with E-state index in [2.05, 4.69) is 22.6 Å². The van der Waals surface area contributed by atoms with Crippen molar-refractivity contribution in [1.82, 2.24) is 0 Å². The highest BCUT2D eigenvalue weighted by Gasteiger charge is 2.37. The lowest BCUT2D eigenvalue weighted by atomic mass is 9.63. The zero-order chi connectivity index (χ0) is 11.4. The van der Waals surface area contributed by atoms with Crippen molar-refractivity contribution < 1.29 is 4.79 Å². The van der Waals surface area contributed by atoms with Gasteiger partial charge in [0.1, 0.15) is 0 Å². The van der Waals surface area contributed by atoms with Crippen molar-refractivity contribution in [1.29, 1.82) is 0 Å². The van der Waals surface area contributed by atoms with Crippen molar-refractivity contribution in [3.05, 3.63) is 10.2 Å². The molecule has 16 heavy (non-hydrogen) atoms. The number of allylic oxidation sites excluding steroid dienone is 1. The van der Waals surface area contributed by atoms with E-state index in [4.69, 9.17) is 0 Å². The molecule has 0 atom stereocenters. The molecule has 0 N–H and O–H groups in total. The number of rotatable bonds is 2. The molecule has 90 valence electrons. The van der Waals surface area contributed by atoms with Crippen molar-refractivity contribution in [3.63, 3.8) is 0 Å². The molecule has 0 radical (unpaired) electrons. The van der Waals surface area contributed by atoms with Crippen LogP contribution in [0.3, 0.4) is 0 Å². The predicted molar refractivity (Wildman–Crippen MR) is 75.6 cm³/mol. The minimum absolute atomic E-state index is 0.332. The second-order valence-corrected chi connectivity index (χ2v) is 6.25. The zero-order valence-electron chi connectivity index (χ0n) is 9.88. The van der Waals surface area contributed by atoms with Gasteiger partial charge in [-0.3, -0.25) is 4.79 Å². The quantitative estimate of drug-likeness (QED) is 0.532. The summed E-state index contributed by atoms with van der Waals surface area (Å²) in [6.07, 6.45) is 13.8. The van der Waals surface area contributed by atoms with Gasteiger partial charge in [0.2, 0.25) is 0 Å². The van der Waals surface area contributed by atoms with Gasteiger partial charge in [0.05, 0.1) is 0 Å². The molecule has 2 saturated carbocycles. The lowest BCUT2D eigenvalue weighted by Gasteiger charge is -2.42. The molecule has 2 rings (SSSR count). The van der Waals surface area contributed by atoms with Gasteiger partial charge in [-0.15, -0.1) is 0 Å². The highest BCUT2D eigenvalue weighted by molar-refractivity contribution is 14.1. The van der Waals surface area contributed by atoms with Crippen LogP contribution in [0.4, 0.5) is 0 Å². The molecule has 0 bridgehead atoms. The van der Waals surface area contributed by atoms with Crippen LogP contribution in [0.2, 0.25) is 0 Å². The highest BCUT2D eigenvalue weighted by atomic mass is 127. The minimum Gasteiger partial charge on any atom is -0.295 e. The van der Waals surface area contributed by atoms with Gasteiger partial charge in [0.25, 0.3) is 0 Å². The second-order valence-electron chi connectivity index (χ2n) is 5.53. The van der Waals surface area contributed by atoms with E-state index >= 15 is 0 Å². The maximum atomic E-state index is 11.8. The molecular weight excluding hydrogens is 311 g/mol. The summed E-state index contributed by atoms with van der Waals surface area (Å²) < 4.78 is 1.85. The highest BCUT2D eigenvalue weighted by Crippen LogP contribution is 2.48. The third-order valence-electron chi connectivity index (χ3n) is 4.59. The number of ketones is 1. The molecule has 0 aromatic carbocycles. The molecule has 0 aromatic rings. The molecule has 2 heteroatoms. The van der Waals surface area contributed by atoms with Gasteiger partial charge in [-0.25, -0.2) is 0 Å². The normalized spacial score (nSPS) is 26.3. The third kappa shape index (κ3) is 2.88. The lowest BCUT2D eigenvalue weighted by molar-refractivity contribution is -0.120. The van der Waals surface area contributed by atoms with E-state index in [0.717, 1.165) is 12.8 Å². The van der Waals surface area contributed by atoms with Crippen LogP contribution in [0.5, 0.6) is 0 Å². The van der Waals surface area contributed by atoms with Gasteiger partial charge < -0.3 is 0 Å². The van der Waals surface area contributed by atoms with E-state index in [0.29, 0.717) is 17.1 Å². The largest absolute Gasteiger partial charge is 0.295 e. The van der Waals surface area contributed by atoms with E-state index in [1.165, 1.54) is 44.9 Å². The Morgan fingerprint density at radius 1 is 1.06 bits per heavy atom. The summed E-state index contributed by atoms with van der Waals surface area (Å²) in [6, 6.07) is 0. The van der Waals surface area contributed by atoms with Gasteiger partial charge in [0, 0.05) is 5.92 Å². The van der Waals surface area contributed by atoms with Gasteiger partial charge in [-0.05, 0) is 54.1 Å². The fourth-order valence-electron chi connectivity index (χ4n) is 3.51. The fourth-order valence-corrected chi connectivity index (χ4v) is 3.87. The van der Waals surface area contributed by atoms with Crippen LogP contribution >= 0.6 is 22.6 Å². The smallest absolute Gasteiger partial charge is 0.159 e. The molecular formula is C14H21IO. The van der Waals surface area contributed by atoms with Crippen LogP contribution in [0.25, 0.3) is 0 Å². The average Bonchev–Trinajstić information content (AvgIpc) is 2.31. The third-order valence-corrected chi connectivity index (χ3v) is 4.95. The first kappa shape index (κ1) is 12.6. The SMILES string of the molecule is O=C(/C=C/I)C1CCC2(CCCCC2)CC1. The molecule has 0 unspecified atom stereocenters. The van der Waals surface area contributed by atoms with Crippen LogP contribution in [-0.2, 0) is 4.79 Å². The second kappa shape index (κ2) is 5.65. The number of hydrogen-bond acceptors (Lipinski definition) is 1. The van der Waals surface area contributed by atoms with Crippen LogP contribution in [0, 0.1) is 11.3 Å². The van der Waals surface area contributed by atoms with Gasteiger partial charge in [-0.2, -0.15) is 0 Å². The summed E-state index contributed by atoms with van der Waals surface area (Å²) in [5, 5.41) is 0. The van der Waals surface area contributed by atoms with Crippen molar-refractivity contribution in [2.75, 3.05) is 0 Å². The van der Waals surface area contributed by atoms with Crippen LogP contribution in [0.15, 0.2) is 10.2 Å². The summed E-state index contributed by atoms with van der Waals surface area (Å²) in [5.41, 5.74) is 0.642. The van der Waals surface area contributed by atoms with E-state index in [-0.39, 0.29) is 0 Å². The Morgan fingerprint density at radius 3 is 2.25 bits per heavy atom. The van der Waals surface area contributed by atoms with E-state index in [1.54, 1.807) is 6.08 Å². The predicted octanol–water partition coefficient (Wildman–Crippen LogP) is 4.64. The van der Waals surface area contributed by atoms with Crippen LogP contribution < -0.4 is 0 Å². The number of carbonyl (C=O) groups is 1. The van der Waals surface area contributed by atoms with Crippen molar-refractivity contribution >= 4 is 28.4 Å². The summed E-state index contributed by atoms with van der Waals surface area (Å²) >= 11 is 2.13. The van der Waals surface area contributed by atoms with Crippen molar-refractivity contribution in [3.8, 4) is 0 Å². The molecule has 2 aliphatic carbocycles. The van der Waals surface area contributed by atoms with Crippen molar-refractivity contribution in [2.45, 2.75) is 57.8 Å². The Labute approximate surface area is 112 Å². The molecule has 0 aliphatic heterocycles. The van der Waals surface area contributed by atoms with E-state index in [9.17, 15) is 4.79 Å². The molecule has 0 saturated heterocycles. The molecule has 0 amide bonds. The Morgan fingerprint density at radius 2 is 1.69 bits per heavy atom. The van der Waals surface area contributed by atoms with E-state index in [1.807, 2.05) is 4.08 Å². The first-order chi connectivity index (χ1) is 7.76. The Balaban J connectivity index is 1.88. The Hall–Kier alpha value is 0.140. The fraction of sp³-hybridized carbons (Fsp3) is 0.786. The molecule has 2 aliphatic rings. The molecule has 0 heterocycles. The van der Waals surface area contributed by atoms with Crippen LogP contribution in [0.1, 0.15) is 57.8 Å². The monoisotopic (exact) mass is 332 g/mol. The Kier molecular flexibility index (Phi) is 4.45. The molecule has 1 nitrogen and oxygen atoms in total. The molecule has 2 fully saturated rings. The number of carbonyl (C=O) groups excluding carboxylic acids is 1. The van der Waals surface area contributed by atoms with Crippen molar-refractivity contribution in [2.24, 2.45) is 11.3 Å². The maximum absolute atomic E-state index is 11.8. The van der Waals surface area contributed by atoms with Gasteiger partial charge >= 0.3 is 0 Å². The number of hydrogen-bond donors (Lipinski definition) is 0. The zero-order valence-corrected chi connectivity index (χ0v) is 12.0. The summed E-state index contributed by atoms with van der Waals surface area (Å²) in [6.45, 7) is 0. The average molecular weight is 332 g/mol. The first-order valence-corrected chi connectivity index (χ1v) is 7.81. The summed E-state index contributed by atoms with van der Waals surface area (Å²) in [5.74, 6) is 0.693. The maximum Gasteiger partial charge on any atom is 0.159 e. The lowest BCUT2D eigenvalue weighted by Crippen LogP contribution is -2.31. The minimum atomic E-state index is 0.332. The first-order valence-electron chi connectivity index (χ1n) is 6.56. The van der Waals surface area contributed by atoms with Crippen LogP contribution in [-0.4, -0.2) is 5.78 Å². The number of halogens is 1. The molecule has 0 aromatic heterocycles. The molecule has 1 spiro atoms. The summed E-state index contributed by atoms with van der Waals surface area (Å²) in [4.78, 5) is 11.8. The topological polar surface area (TPSA) is 17.1 Å². The van der Waals surface area contributed by atoms with Gasteiger partial charge in [0.15, 0.2) is 5.78 Å². The van der Waals surface area contributed by atoms with Gasteiger partial charge in [-0.1, -0.05) is 41.9 Å². The van der Waals surface area contributed by atoms with E-state index < -0.39 is 0 Å². The standard InChI is InChI=1S/C14H21IO/c15-11-6-13(16)12-4-9-14(10-5-12)7-2-1-3-8-14/h6,11-12H,1-5,7-10H2/b11-6+. The summed E-state index contributed by atoms with van der Waals surface area (Å²) in [7, 11) is 0.